The summed E-state index contributed by atoms with van der Waals surface area (Å²) < 4.78 is 5.67. The predicted molar refractivity (Wildman–Crippen MR) is 67.2 cm³/mol. The Balaban J connectivity index is 1.98. The molecular formula is C12H14N4O2. The molecule has 0 spiro atoms. The number of nitrogens with one attached hydrogen (secondary N) is 1. The number of hydrogen-bond acceptors (Lipinski definition) is 5. The standard InChI is InChI=1S/C12H14N4O2/c13-11(17)9-7-14-5-6-16(9)12-15-8-3-1-2-4-10(8)18-12/h1-4,9,14H,5-7H2,(H2,13,17). The van der Waals surface area contributed by atoms with E-state index in [4.69, 9.17) is 10.2 Å². The average molecular weight is 246 g/mol. The lowest BCUT2D eigenvalue weighted by Crippen LogP contribution is -2.57. The number of nitrogens with two attached hydrogens (primary N) is 1. The highest BCUT2D eigenvalue weighted by atomic mass is 16.4. The van der Waals surface area contributed by atoms with Crippen molar-refractivity contribution in [1.29, 1.82) is 0 Å². The van der Waals surface area contributed by atoms with Crippen LogP contribution >= 0.6 is 0 Å². The number of aromatic nitrogens is 1. The van der Waals surface area contributed by atoms with Gasteiger partial charge in [0.25, 0.3) is 6.01 Å². The van der Waals surface area contributed by atoms with Gasteiger partial charge in [0.1, 0.15) is 11.6 Å². The molecule has 3 rings (SSSR count). The Morgan fingerprint density at radius 2 is 2.33 bits per heavy atom. The molecule has 6 heteroatoms. The van der Waals surface area contributed by atoms with E-state index in [9.17, 15) is 4.79 Å². The van der Waals surface area contributed by atoms with Crippen molar-refractivity contribution in [1.82, 2.24) is 10.3 Å². The van der Waals surface area contributed by atoms with Gasteiger partial charge in [0, 0.05) is 19.6 Å². The molecule has 1 aromatic heterocycles. The van der Waals surface area contributed by atoms with Crippen LogP contribution in [0.3, 0.4) is 0 Å². The monoisotopic (exact) mass is 246 g/mol. The first-order chi connectivity index (χ1) is 8.75. The number of para-hydroxylation sites is 2. The largest absolute Gasteiger partial charge is 0.423 e. The Morgan fingerprint density at radius 3 is 3.11 bits per heavy atom. The molecule has 0 radical (unpaired) electrons. The van der Waals surface area contributed by atoms with E-state index < -0.39 is 6.04 Å². The Morgan fingerprint density at radius 1 is 1.50 bits per heavy atom. The molecule has 6 nitrogen and oxygen atoms in total. The third kappa shape index (κ3) is 1.80. The molecule has 1 atom stereocenters. The van der Waals surface area contributed by atoms with Crippen molar-refractivity contribution in [3.8, 4) is 0 Å². The minimum atomic E-state index is -0.410. The van der Waals surface area contributed by atoms with Gasteiger partial charge in [-0.2, -0.15) is 4.98 Å². The molecule has 1 aliphatic rings. The molecule has 2 aromatic rings. The van der Waals surface area contributed by atoms with Crippen LogP contribution in [0.1, 0.15) is 0 Å². The summed E-state index contributed by atoms with van der Waals surface area (Å²) in [7, 11) is 0. The van der Waals surface area contributed by atoms with E-state index in [1.807, 2.05) is 29.2 Å². The zero-order chi connectivity index (χ0) is 12.5. The second kappa shape index (κ2) is 4.30. The average Bonchev–Trinajstić information content (AvgIpc) is 2.82. The van der Waals surface area contributed by atoms with Crippen LogP contribution in [0.15, 0.2) is 28.7 Å². The second-order valence-electron chi connectivity index (χ2n) is 4.28. The molecule has 18 heavy (non-hydrogen) atoms. The molecule has 1 aliphatic heterocycles. The number of benzene rings is 1. The molecule has 0 aliphatic carbocycles. The van der Waals surface area contributed by atoms with Gasteiger partial charge >= 0.3 is 0 Å². The van der Waals surface area contributed by atoms with Crippen molar-refractivity contribution in [2.24, 2.45) is 5.73 Å². The van der Waals surface area contributed by atoms with Crippen LogP contribution < -0.4 is 16.0 Å². The SMILES string of the molecule is NC(=O)C1CNCCN1c1nc2ccccc2o1. The molecule has 0 saturated carbocycles. The number of carbonyl (C=O) groups excluding carboxylic acids is 1. The van der Waals surface area contributed by atoms with Crippen LogP contribution in [0.25, 0.3) is 11.1 Å². The molecule has 0 bridgehead atoms. The van der Waals surface area contributed by atoms with Crippen molar-refractivity contribution in [2.75, 3.05) is 24.5 Å². The number of piperazine rings is 1. The number of hydrogen-bond donors (Lipinski definition) is 2. The highest BCUT2D eigenvalue weighted by Gasteiger charge is 2.30. The van der Waals surface area contributed by atoms with Gasteiger partial charge in [-0.1, -0.05) is 12.1 Å². The van der Waals surface area contributed by atoms with E-state index in [1.165, 1.54) is 0 Å². The fourth-order valence-electron chi connectivity index (χ4n) is 2.17. The summed E-state index contributed by atoms with van der Waals surface area (Å²) in [5.74, 6) is -0.371. The molecule has 1 saturated heterocycles. The molecule has 1 amide bonds. The van der Waals surface area contributed by atoms with E-state index in [2.05, 4.69) is 10.3 Å². The fraction of sp³-hybridized carbons (Fsp3) is 0.333. The number of anilines is 1. The minimum Gasteiger partial charge on any atom is -0.423 e. The zero-order valence-electron chi connectivity index (χ0n) is 9.80. The molecule has 3 N–H and O–H groups in total. The number of fused-ring (bicyclic) bond motifs is 1. The van der Waals surface area contributed by atoms with Crippen LogP contribution in [0, 0.1) is 0 Å². The van der Waals surface area contributed by atoms with Crippen LogP contribution in [0.4, 0.5) is 6.01 Å². The Kier molecular flexibility index (Phi) is 2.64. The molecule has 94 valence electrons. The van der Waals surface area contributed by atoms with Crippen LogP contribution in [-0.4, -0.2) is 36.6 Å². The van der Waals surface area contributed by atoms with E-state index >= 15 is 0 Å². The highest BCUT2D eigenvalue weighted by Crippen LogP contribution is 2.23. The number of oxazole rings is 1. The van der Waals surface area contributed by atoms with E-state index in [1.54, 1.807) is 0 Å². The summed E-state index contributed by atoms with van der Waals surface area (Å²) >= 11 is 0. The molecule has 1 fully saturated rings. The number of rotatable bonds is 2. The van der Waals surface area contributed by atoms with Crippen molar-refractivity contribution in [3.05, 3.63) is 24.3 Å². The number of nitrogens with zero attached hydrogens (tertiary/aromatic N) is 2. The summed E-state index contributed by atoms with van der Waals surface area (Å²) in [4.78, 5) is 17.6. The lowest BCUT2D eigenvalue weighted by atomic mass is 10.2. The second-order valence-corrected chi connectivity index (χ2v) is 4.28. The Bertz CT molecular complexity index is 547. The predicted octanol–water partition coefficient (Wildman–Crippen LogP) is 0.0913. The van der Waals surface area contributed by atoms with E-state index in [-0.39, 0.29) is 5.91 Å². The maximum atomic E-state index is 11.4. The first kappa shape index (κ1) is 11.0. The van der Waals surface area contributed by atoms with Crippen LogP contribution in [-0.2, 0) is 4.79 Å². The van der Waals surface area contributed by atoms with Crippen LogP contribution in [0.5, 0.6) is 0 Å². The minimum absolute atomic E-state index is 0.371. The fourth-order valence-corrected chi connectivity index (χ4v) is 2.17. The van der Waals surface area contributed by atoms with Crippen molar-refractivity contribution < 1.29 is 9.21 Å². The number of primary amides is 1. The van der Waals surface area contributed by atoms with Gasteiger partial charge in [-0.15, -0.1) is 0 Å². The highest BCUT2D eigenvalue weighted by molar-refractivity contribution is 5.84. The van der Waals surface area contributed by atoms with Gasteiger partial charge in [-0.3, -0.25) is 4.79 Å². The van der Waals surface area contributed by atoms with Gasteiger partial charge in [0.15, 0.2) is 5.58 Å². The van der Waals surface area contributed by atoms with E-state index in [0.717, 1.165) is 12.1 Å². The molecule has 1 aromatic carbocycles. The van der Waals surface area contributed by atoms with Gasteiger partial charge in [-0.05, 0) is 12.1 Å². The van der Waals surface area contributed by atoms with Crippen LogP contribution in [0.2, 0.25) is 0 Å². The lowest BCUT2D eigenvalue weighted by Gasteiger charge is -2.32. The first-order valence-electron chi connectivity index (χ1n) is 5.88. The first-order valence-corrected chi connectivity index (χ1v) is 5.88. The topological polar surface area (TPSA) is 84.4 Å². The number of amides is 1. The van der Waals surface area contributed by atoms with Crippen molar-refractivity contribution in [3.63, 3.8) is 0 Å². The maximum absolute atomic E-state index is 11.4. The Labute approximate surface area is 104 Å². The van der Waals surface area contributed by atoms with Crippen molar-refractivity contribution in [2.45, 2.75) is 6.04 Å². The molecule has 1 unspecified atom stereocenters. The van der Waals surface area contributed by atoms with Gasteiger partial charge < -0.3 is 20.4 Å². The van der Waals surface area contributed by atoms with Crippen molar-refractivity contribution >= 4 is 23.0 Å². The zero-order valence-corrected chi connectivity index (χ0v) is 9.80. The maximum Gasteiger partial charge on any atom is 0.299 e. The van der Waals surface area contributed by atoms with Gasteiger partial charge in [0.05, 0.1) is 0 Å². The summed E-state index contributed by atoms with van der Waals surface area (Å²) in [6.07, 6.45) is 0. The lowest BCUT2D eigenvalue weighted by molar-refractivity contribution is -0.119. The smallest absolute Gasteiger partial charge is 0.299 e. The van der Waals surface area contributed by atoms with E-state index in [0.29, 0.717) is 24.7 Å². The van der Waals surface area contributed by atoms with Gasteiger partial charge in [-0.25, -0.2) is 0 Å². The summed E-state index contributed by atoms with van der Waals surface area (Å²) in [5, 5.41) is 3.14. The summed E-state index contributed by atoms with van der Waals surface area (Å²) in [5.41, 5.74) is 6.90. The summed E-state index contributed by atoms with van der Waals surface area (Å²) in [6.45, 7) is 1.96. The third-order valence-electron chi connectivity index (χ3n) is 3.10. The molecular weight excluding hydrogens is 232 g/mol. The summed E-state index contributed by atoms with van der Waals surface area (Å²) in [6, 6.07) is 7.57. The Hall–Kier alpha value is -2.08. The molecule has 2 heterocycles. The third-order valence-corrected chi connectivity index (χ3v) is 3.10. The quantitative estimate of drug-likeness (QED) is 0.784. The number of carbonyl (C=O) groups is 1. The van der Waals surface area contributed by atoms with Gasteiger partial charge in [0.2, 0.25) is 5.91 Å². The normalized spacial score (nSPS) is 20.2.